The van der Waals surface area contributed by atoms with Crippen molar-refractivity contribution >= 4 is 17.5 Å². The van der Waals surface area contributed by atoms with Gasteiger partial charge in [-0.2, -0.15) is 0 Å². The Hall–Kier alpha value is -2.01. The van der Waals surface area contributed by atoms with Crippen molar-refractivity contribution in [2.24, 2.45) is 17.6 Å². The van der Waals surface area contributed by atoms with Crippen LogP contribution in [0, 0.1) is 11.8 Å². The van der Waals surface area contributed by atoms with E-state index in [1.807, 2.05) is 0 Å². The van der Waals surface area contributed by atoms with Crippen molar-refractivity contribution in [3.63, 3.8) is 0 Å². The fourth-order valence-electron chi connectivity index (χ4n) is 2.56. The van der Waals surface area contributed by atoms with Crippen LogP contribution >= 0.6 is 0 Å². The second-order valence-electron chi connectivity index (χ2n) is 6.65. The van der Waals surface area contributed by atoms with E-state index in [-0.39, 0.29) is 11.6 Å². The van der Waals surface area contributed by atoms with Crippen LogP contribution in [0.2, 0.25) is 0 Å². The molecule has 0 fully saturated rings. The zero-order chi connectivity index (χ0) is 16.7. The third kappa shape index (κ3) is 2.95. The number of fused-ring (bicyclic) bond motifs is 1. The van der Waals surface area contributed by atoms with Gasteiger partial charge in [0.05, 0.1) is 5.92 Å². The van der Waals surface area contributed by atoms with Gasteiger partial charge in [-0.05, 0) is 20.8 Å². The van der Waals surface area contributed by atoms with Crippen molar-refractivity contribution < 1.29 is 19.1 Å². The predicted molar refractivity (Wildman–Crippen MR) is 81.6 cm³/mol. The van der Waals surface area contributed by atoms with E-state index in [9.17, 15) is 14.4 Å². The zero-order valence-electron chi connectivity index (χ0n) is 13.3. The van der Waals surface area contributed by atoms with E-state index in [0.29, 0.717) is 11.1 Å². The molecule has 1 aliphatic rings. The first-order valence-electron chi connectivity index (χ1n) is 7.29. The number of hydrogen-bond donors (Lipinski definition) is 1. The van der Waals surface area contributed by atoms with E-state index in [0.717, 1.165) is 0 Å². The van der Waals surface area contributed by atoms with E-state index in [1.165, 1.54) is 0 Å². The van der Waals surface area contributed by atoms with E-state index in [2.05, 4.69) is 0 Å². The summed E-state index contributed by atoms with van der Waals surface area (Å²) in [5.41, 5.74) is 6.18. The lowest BCUT2D eigenvalue weighted by atomic mass is 9.86. The first kappa shape index (κ1) is 16.4. The minimum atomic E-state index is -1.01. The molecule has 0 saturated carbocycles. The fraction of sp³-hybridized carbons (Fsp3) is 0.471. The van der Waals surface area contributed by atoms with Crippen molar-refractivity contribution in [2.45, 2.75) is 39.3 Å². The molecule has 1 aliphatic carbocycles. The van der Waals surface area contributed by atoms with Crippen LogP contribution < -0.4 is 5.73 Å². The number of carbonyl (C=O) groups excluding carboxylic acids is 3. The minimum absolute atomic E-state index is 0.316. The Balaban J connectivity index is 2.21. The van der Waals surface area contributed by atoms with E-state index < -0.39 is 29.4 Å². The van der Waals surface area contributed by atoms with Gasteiger partial charge in [-0.25, -0.2) is 0 Å². The number of nitrogens with two attached hydrogens (primary N) is 1. The number of esters is 1. The molecule has 0 bridgehead atoms. The highest BCUT2D eigenvalue weighted by molar-refractivity contribution is 6.27. The largest absolute Gasteiger partial charge is 0.460 e. The summed E-state index contributed by atoms with van der Waals surface area (Å²) >= 11 is 0. The Labute approximate surface area is 129 Å². The maximum Gasteiger partial charge on any atom is 0.310 e. The quantitative estimate of drug-likeness (QED) is 0.681. The second kappa shape index (κ2) is 5.65. The van der Waals surface area contributed by atoms with E-state index >= 15 is 0 Å². The van der Waals surface area contributed by atoms with E-state index in [1.54, 1.807) is 52.0 Å². The van der Waals surface area contributed by atoms with E-state index in [4.69, 9.17) is 10.5 Å². The molecule has 0 amide bonds. The maximum atomic E-state index is 12.4. The number of Topliss-reactive ketones (excluding diaryl/α,β-unsaturated/α-hetero) is 2. The summed E-state index contributed by atoms with van der Waals surface area (Å²) in [6.45, 7) is 6.85. The molecular weight excluding hydrogens is 282 g/mol. The molecule has 1 unspecified atom stereocenters. The molecule has 2 atom stereocenters. The molecule has 0 aliphatic heterocycles. The third-order valence-corrected chi connectivity index (χ3v) is 3.76. The molecule has 0 heterocycles. The topological polar surface area (TPSA) is 86.5 Å². The Kier molecular flexibility index (Phi) is 4.20. The number of hydrogen-bond acceptors (Lipinski definition) is 5. The van der Waals surface area contributed by atoms with Crippen LogP contribution in [0.15, 0.2) is 24.3 Å². The molecule has 1 aromatic rings. The summed E-state index contributed by atoms with van der Waals surface area (Å²) in [6, 6.07) is 5.73. The van der Waals surface area contributed by atoms with Crippen LogP contribution in [0.1, 0.15) is 48.4 Å². The van der Waals surface area contributed by atoms with Gasteiger partial charge in [0, 0.05) is 17.2 Å². The molecule has 5 heteroatoms. The highest BCUT2D eigenvalue weighted by atomic mass is 16.6. The fourth-order valence-corrected chi connectivity index (χ4v) is 2.56. The Morgan fingerprint density at radius 3 is 2.00 bits per heavy atom. The van der Waals surface area contributed by atoms with Crippen molar-refractivity contribution in [1.82, 2.24) is 0 Å². The summed E-state index contributed by atoms with van der Waals surface area (Å²) in [6.07, 6.45) is 0. The monoisotopic (exact) mass is 303 g/mol. The van der Waals surface area contributed by atoms with Crippen LogP contribution in [0.25, 0.3) is 0 Å². The minimum Gasteiger partial charge on any atom is -0.460 e. The lowest BCUT2D eigenvalue weighted by Crippen LogP contribution is -2.46. The number of rotatable bonds is 3. The normalized spacial score (nSPS) is 18.0. The first-order valence-corrected chi connectivity index (χ1v) is 7.29. The number of ketones is 2. The molecular formula is C17H21NO4. The van der Waals surface area contributed by atoms with Gasteiger partial charge >= 0.3 is 5.97 Å². The first-order chi connectivity index (χ1) is 10.1. The van der Waals surface area contributed by atoms with Crippen LogP contribution in [0.4, 0.5) is 0 Å². The highest BCUT2D eigenvalue weighted by Gasteiger charge is 2.45. The van der Waals surface area contributed by atoms with Crippen LogP contribution in [0.5, 0.6) is 0 Å². The average Bonchev–Trinajstić information content (AvgIpc) is 2.68. The number of carbonyl (C=O) groups is 3. The van der Waals surface area contributed by atoms with Crippen molar-refractivity contribution in [3.05, 3.63) is 35.4 Å². The standard InChI is InChI=1S/C17H21NO4/c1-9(16(21)22-17(2,3)4)13(18)12-14(19)10-7-5-6-8-11(10)15(12)20/h5-9,12-13H,18H2,1-4H3/t9?,13-/m0/s1. The van der Waals surface area contributed by atoms with Gasteiger partial charge in [-0.15, -0.1) is 0 Å². The lowest BCUT2D eigenvalue weighted by molar-refractivity contribution is -0.160. The molecule has 0 aromatic heterocycles. The molecule has 22 heavy (non-hydrogen) atoms. The van der Waals surface area contributed by atoms with Gasteiger partial charge in [0.1, 0.15) is 11.5 Å². The van der Waals surface area contributed by atoms with Gasteiger partial charge in [0.25, 0.3) is 0 Å². The molecule has 0 radical (unpaired) electrons. The van der Waals surface area contributed by atoms with Crippen LogP contribution in [0.3, 0.4) is 0 Å². The zero-order valence-corrected chi connectivity index (χ0v) is 13.3. The molecule has 1 aromatic carbocycles. The predicted octanol–water partition coefficient (Wildman–Crippen LogP) is 1.99. The summed E-state index contributed by atoms with van der Waals surface area (Å²) in [7, 11) is 0. The lowest BCUT2D eigenvalue weighted by Gasteiger charge is -2.26. The average molecular weight is 303 g/mol. The molecule has 5 nitrogen and oxygen atoms in total. The molecule has 0 spiro atoms. The van der Waals surface area contributed by atoms with Gasteiger partial charge in [0.15, 0.2) is 11.6 Å². The van der Waals surface area contributed by atoms with Crippen LogP contribution in [-0.2, 0) is 9.53 Å². The second-order valence-corrected chi connectivity index (χ2v) is 6.65. The molecule has 2 N–H and O–H groups in total. The van der Waals surface area contributed by atoms with Gasteiger partial charge in [-0.1, -0.05) is 31.2 Å². The maximum absolute atomic E-state index is 12.4. The van der Waals surface area contributed by atoms with Gasteiger partial charge < -0.3 is 10.5 Å². The summed E-state index contributed by atoms with van der Waals surface area (Å²) < 4.78 is 5.29. The Bertz CT molecular complexity index is 595. The SMILES string of the molecule is CC(C(=O)OC(C)(C)C)[C@H](N)C1C(=O)c2ccccc2C1=O. The summed E-state index contributed by atoms with van der Waals surface area (Å²) in [5, 5.41) is 0. The molecule has 0 saturated heterocycles. The summed E-state index contributed by atoms with van der Waals surface area (Å²) in [4.78, 5) is 36.9. The Morgan fingerprint density at radius 1 is 1.14 bits per heavy atom. The van der Waals surface area contributed by atoms with Crippen molar-refractivity contribution in [1.29, 1.82) is 0 Å². The smallest absolute Gasteiger partial charge is 0.310 e. The Morgan fingerprint density at radius 2 is 1.59 bits per heavy atom. The third-order valence-electron chi connectivity index (χ3n) is 3.76. The molecule has 118 valence electrons. The highest BCUT2D eigenvalue weighted by Crippen LogP contribution is 2.31. The number of benzene rings is 1. The van der Waals surface area contributed by atoms with Crippen molar-refractivity contribution in [2.75, 3.05) is 0 Å². The molecule has 2 rings (SSSR count). The van der Waals surface area contributed by atoms with Crippen molar-refractivity contribution in [3.8, 4) is 0 Å². The van der Waals surface area contributed by atoms with Gasteiger partial charge in [0.2, 0.25) is 0 Å². The van der Waals surface area contributed by atoms with Crippen LogP contribution in [-0.4, -0.2) is 29.2 Å². The number of ether oxygens (including phenoxy) is 1. The summed E-state index contributed by atoms with van der Waals surface area (Å²) in [5.74, 6) is -2.89. The van der Waals surface area contributed by atoms with Gasteiger partial charge in [-0.3, -0.25) is 14.4 Å².